The Kier molecular flexibility index (Phi) is 5.82. The minimum atomic E-state index is -1.16. The number of hydrogen-bond acceptors (Lipinski definition) is 6. The van der Waals surface area contributed by atoms with Crippen LogP contribution in [0.15, 0.2) is 61.1 Å². The summed E-state index contributed by atoms with van der Waals surface area (Å²) in [4.78, 5) is 15.1. The number of pyridine rings is 1. The third-order valence-corrected chi connectivity index (χ3v) is 4.77. The van der Waals surface area contributed by atoms with Gasteiger partial charge >= 0.3 is 0 Å². The van der Waals surface area contributed by atoms with Crippen LogP contribution in [0, 0.1) is 0 Å². The molecule has 0 spiro atoms. The monoisotopic (exact) mass is 369 g/mol. The maximum Gasteiger partial charge on any atom is 0.185 e. The lowest BCUT2D eigenvalue weighted by atomic mass is 10.0. The summed E-state index contributed by atoms with van der Waals surface area (Å²) in [6, 6.07) is 13.1. The van der Waals surface area contributed by atoms with E-state index in [-0.39, 0.29) is 10.9 Å². The number of nitrogens with zero attached hydrogens (tertiary/aromatic N) is 3. The number of hydrogen-bond donors (Lipinski definition) is 2. The molecule has 2 unspecified atom stereocenters. The summed E-state index contributed by atoms with van der Waals surface area (Å²) in [6.45, 7) is 1.43. The van der Waals surface area contributed by atoms with Gasteiger partial charge in [0.2, 0.25) is 0 Å². The van der Waals surface area contributed by atoms with Crippen molar-refractivity contribution in [1.29, 1.82) is 0 Å². The van der Waals surface area contributed by atoms with Gasteiger partial charge in [0, 0.05) is 42.4 Å². The zero-order chi connectivity index (χ0) is 18.5. The van der Waals surface area contributed by atoms with Crippen LogP contribution >= 0.6 is 11.8 Å². The van der Waals surface area contributed by atoms with E-state index < -0.39 is 12.2 Å². The van der Waals surface area contributed by atoms with Gasteiger partial charge in [-0.2, -0.15) is 5.10 Å². The van der Waals surface area contributed by atoms with Gasteiger partial charge in [-0.15, -0.1) is 0 Å². The predicted molar refractivity (Wildman–Crippen MR) is 101 cm³/mol. The zero-order valence-electron chi connectivity index (χ0n) is 14.2. The molecule has 2 N–H and O–H groups in total. The molecule has 0 radical (unpaired) electrons. The van der Waals surface area contributed by atoms with Crippen LogP contribution in [0.2, 0.25) is 0 Å². The molecule has 3 rings (SSSR count). The first-order chi connectivity index (χ1) is 12.6. The van der Waals surface area contributed by atoms with Crippen LogP contribution in [-0.4, -0.2) is 41.9 Å². The molecule has 1 aromatic carbocycles. The zero-order valence-corrected chi connectivity index (χ0v) is 15.0. The molecule has 0 aliphatic carbocycles. The second-order valence-corrected chi connectivity index (χ2v) is 6.96. The van der Waals surface area contributed by atoms with Gasteiger partial charge in [-0.1, -0.05) is 30.0 Å². The minimum Gasteiger partial charge on any atom is -0.389 e. The summed E-state index contributed by atoms with van der Waals surface area (Å²) in [6.07, 6.45) is 2.75. The molecule has 3 aromatic rings. The van der Waals surface area contributed by atoms with E-state index in [9.17, 15) is 15.0 Å². The Balaban J connectivity index is 1.99. The van der Waals surface area contributed by atoms with Crippen molar-refractivity contribution in [3.8, 4) is 16.9 Å². The molecule has 7 heteroatoms. The van der Waals surface area contributed by atoms with Gasteiger partial charge in [0.05, 0.1) is 17.5 Å². The first kappa shape index (κ1) is 18.3. The van der Waals surface area contributed by atoms with E-state index in [2.05, 4.69) is 10.1 Å². The number of aliphatic hydroxyl groups is 2. The molecule has 0 fully saturated rings. The smallest absolute Gasteiger partial charge is 0.185 e. The molecule has 0 amide bonds. The fraction of sp³-hybridized carbons (Fsp3) is 0.211. The summed E-state index contributed by atoms with van der Waals surface area (Å²) in [5, 5.41) is 25.4. The van der Waals surface area contributed by atoms with Gasteiger partial charge in [-0.25, -0.2) is 4.68 Å². The normalized spacial score (nSPS) is 13.3. The van der Waals surface area contributed by atoms with Crippen molar-refractivity contribution in [3.05, 3.63) is 66.6 Å². The average molecular weight is 369 g/mol. The van der Waals surface area contributed by atoms with Crippen molar-refractivity contribution in [1.82, 2.24) is 14.8 Å². The molecule has 0 aliphatic heterocycles. The number of benzene rings is 1. The molecule has 134 valence electrons. The quantitative estimate of drug-likeness (QED) is 0.694. The van der Waals surface area contributed by atoms with E-state index in [1.165, 1.54) is 6.92 Å². The minimum absolute atomic E-state index is 0.106. The van der Waals surface area contributed by atoms with Crippen molar-refractivity contribution in [2.75, 3.05) is 5.75 Å². The van der Waals surface area contributed by atoms with Crippen molar-refractivity contribution < 1.29 is 15.0 Å². The summed E-state index contributed by atoms with van der Waals surface area (Å²) >= 11 is 0.981. The van der Waals surface area contributed by atoms with Crippen LogP contribution in [0.25, 0.3) is 16.9 Å². The van der Waals surface area contributed by atoms with E-state index in [4.69, 9.17) is 0 Å². The number of thioether (sulfide) groups is 1. The molecule has 6 nitrogen and oxygen atoms in total. The van der Waals surface area contributed by atoms with Gasteiger partial charge < -0.3 is 10.2 Å². The molecule has 2 heterocycles. The first-order valence-corrected chi connectivity index (χ1v) is 9.09. The van der Waals surface area contributed by atoms with E-state index in [1.54, 1.807) is 35.4 Å². The van der Waals surface area contributed by atoms with Crippen LogP contribution in [0.1, 0.15) is 18.6 Å². The van der Waals surface area contributed by atoms with Crippen LogP contribution in [0.5, 0.6) is 0 Å². The lowest BCUT2D eigenvalue weighted by Crippen LogP contribution is -2.21. The van der Waals surface area contributed by atoms with Crippen LogP contribution < -0.4 is 0 Å². The number of para-hydroxylation sites is 1. The van der Waals surface area contributed by atoms with Gasteiger partial charge in [0.1, 0.15) is 6.10 Å². The lowest BCUT2D eigenvalue weighted by Gasteiger charge is -2.17. The second kappa shape index (κ2) is 8.27. The molecular weight excluding hydrogens is 350 g/mol. The predicted octanol–water partition coefficient (Wildman–Crippen LogP) is 2.61. The standard InChI is InChI=1S/C19H19N3O3S/c1-13(23)26-12-17(24)19(25)16-11-22(15-5-3-2-4-6-15)21-18(16)14-7-9-20-10-8-14/h2-11,17,19,24-25H,12H2,1H3. The molecule has 0 saturated carbocycles. The van der Waals surface area contributed by atoms with E-state index >= 15 is 0 Å². The van der Waals surface area contributed by atoms with Gasteiger partial charge in [-0.3, -0.25) is 9.78 Å². The van der Waals surface area contributed by atoms with Crippen molar-refractivity contribution in [2.24, 2.45) is 0 Å². The Morgan fingerprint density at radius 2 is 1.85 bits per heavy atom. The van der Waals surface area contributed by atoms with Gasteiger partial charge in [0.25, 0.3) is 0 Å². The van der Waals surface area contributed by atoms with Crippen LogP contribution in [0.4, 0.5) is 0 Å². The summed E-state index contributed by atoms with van der Waals surface area (Å²) in [5.74, 6) is 0.114. The highest BCUT2D eigenvalue weighted by atomic mass is 32.2. The average Bonchev–Trinajstić information content (AvgIpc) is 3.12. The van der Waals surface area contributed by atoms with Gasteiger partial charge in [0.15, 0.2) is 5.12 Å². The second-order valence-electron chi connectivity index (χ2n) is 5.76. The highest BCUT2D eigenvalue weighted by molar-refractivity contribution is 8.13. The third-order valence-electron chi connectivity index (χ3n) is 3.86. The highest BCUT2D eigenvalue weighted by Gasteiger charge is 2.25. The molecule has 0 aliphatic rings. The van der Waals surface area contributed by atoms with Crippen molar-refractivity contribution in [2.45, 2.75) is 19.1 Å². The van der Waals surface area contributed by atoms with E-state index in [0.717, 1.165) is 23.0 Å². The fourth-order valence-corrected chi connectivity index (χ4v) is 3.14. The molecule has 2 atom stereocenters. The number of rotatable bonds is 6. The Morgan fingerprint density at radius 3 is 2.50 bits per heavy atom. The van der Waals surface area contributed by atoms with Crippen LogP contribution in [0.3, 0.4) is 0 Å². The van der Waals surface area contributed by atoms with Gasteiger partial charge in [-0.05, 0) is 24.3 Å². The third kappa shape index (κ3) is 4.19. The molecule has 26 heavy (non-hydrogen) atoms. The molecular formula is C19H19N3O3S. The van der Waals surface area contributed by atoms with E-state index in [0.29, 0.717) is 11.3 Å². The molecule has 0 bridgehead atoms. The number of carbonyl (C=O) groups is 1. The lowest BCUT2D eigenvalue weighted by molar-refractivity contribution is -0.109. The van der Waals surface area contributed by atoms with Crippen molar-refractivity contribution >= 4 is 16.9 Å². The summed E-state index contributed by atoms with van der Waals surface area (Å²) in [5.41, 5.74) is 2.69. The Morgan fingerprint density at radius 1 is 1.15 bits per heavy atom. The number of carbonyl (C=O) groups excluding carboxylic acids is 1. The maximum atomic E-state index is 11.1. The summed E-state index contributed by atoms with van der Waals surface area (Å²) in [7, 11) is 0. The Hall–Kier alpha value is -2.48. The topological polar surface area (TPSA) is 88.2 Å². The van der Waals surface area contributed by atoms with Crippen LogP contribution in [-0.2, 0) is 4.79 Å². The molecule has 0 saturated heterocycles. The van der Waals surface area contributed by atoms with E-state index in [1.807, 2.05) is 30.3 Å². The molecule has 2 aromatic heterocycles. The Bertz CT molecular complexity index is 868. The first-order valence-electron chi connectivity index (χ1n) is 8.11. The highest BCUT2D eigenvalue weighted by Crippen LogP contribution is 2.30. The largest absolute Gasteiger partial charge is 0.389 e. The summed E-state index contributed by atoms with van der Waals surface area (Å²) < 4.78 is 1.67. The number of aliphatic hydroxyl groups excluding tert-OH is 2. The fourth-order valence-electron chi connectivity index (χ4n) is 2.55. The maximum absolute atomic E-state index is 11.1. The number of aromatic nitrogens is 3. The Labute approximate surface area is 155 Å². The SMILES string of the molecule is CC(=O)SCC(O)C(O)c1cn(-c2ccccc2)nc1-c1ccncc1. The van der Waals surface area contributed by atoms with Crippen molar-refractivity contribution in [3.63, 3.8) is 0 Å².